The van der Waals surface area contributed by atoms with E-state index < -0.39 is 0 Å². The third-order valence-corrected chi connectivity index (χ3v) is 4.18. The summed E-state index contributed by atoms with van der Waals surface area (Å²) < 4.78 is 0. The van der Waals surface area contributed by atoms with Crippen molar-refractivity contribution in [3.63, 3.8) is 0 Å². The van der Waals surface area contributed by atoms with Gasteiger partial charge in [-0.3, -0.25) is 0 Å². The van der Waals surface area contributed by atoms with E-state index in [1.165, 1.54) is 10.3 Å². The van der Waals surface area contributed by atoms with Crippen molar-refractivity contribution in [1.82, 2.24) is 5.32 Å². The molecule has 2 N–H and O–H groups in total. The van der Waals surface area contributed by atoms with Crippen molar-refractivity contribution in [1.29, 1.82) is 0 Å². The minimum atomic E-state index is -0.165. The first-order chi connectivity index (χ1) is 10.3. The molecule has 2 aromatic carbocycles. The number of hydrogen-bond acceptors (Lipinski definition) is 2. The van der Waals surface area contributed by atoms with Crippen LogP contribution in [0.15, 0.2) is 60.0 Å². The van der Waals surface area contributed by atoms with Gasteiger partial charge in [-0.25, -0.2) is 4.79 Å². The predicted octanol–water partition coefficient (Wildman–Crippen LogP) is 4.27. The molecule has 3 aromatic rings. The topological polar surface area (TPSA) is 41.1 Å². The summed E-state index contributed by atoms with van der Waals surface area (Å²) >= 11 is 1.71. The van der Waals surface area contributed by atoms with Gasteiger partial charge in [0, 0.05) is 17.1 Å². The van der Waals surface area contributed by atoms with E-state index in [-0.39, 0.29) is 6.03 Å². The van der Waals surface area contributed by atoms with Crippen molar-refractivity contribution >= 4 is 33.8 Å². The lowest BCUT2D eigenvalue weighted by atomic mass is 10.1. The van der Waals surface area contributed by atoms with Gasteiger partial charge in [-0.05, 0) is 40.8 Å². The molecule has 0 radical (unpaired) electrons. The number of fused-ring (bicyclic) bond motifs is 1. The van der Waals surface area contributed by atoms with Crippen LogP contribution in [0.4, 0.5) is 10.5 Å². The van der Waals surface area contributed by atoms with Crippen LogP contribution in [-0.4, -0.2) is 12.6 Å². The molecule has 4 heteroatoms. The summed E-state index contributed by atoms with van der Waals surface area (Å²) in [4.78, 5) is 13.1. The largest absolute Gasteiger partial charge is 0.338 e. The van der Waals surface area contributed by atoms with E-state index in [9.17, 15) is 4.79 Å². The van der Waals surface area contributed by atoms with Crippen LogP contribution in [0.5, 0.6) is 0 Å². The first-order valence-corrected chi connectivity index (χ1v) is 7.75. The summed E-state index contributed by atoms with van der Waals surface area (Å²) in [6.07, 6.45) is 0.864. The Morgan fingerprint density at radius 1 is 1.00 bits per heavy atom. The molecule has 1 aromatic heterocycles. The van der Waals surface area contributed by atoms with Crippen molar-refractivity contribution in [2.75, 3.05) is 11.9 Å². The molecule has 0 atom stereocenters. The zero-order valence-electron chi connectivity index (χ0n) is 11.5. The van der Waals surface area contributed by atoms with Gasteiger partial charge in [0.15, 0.2) is 0 Å². The number of benzene rings is 2. The predicted molar refractivity (Wildman–Crippen MR) is 89.0 cm³/mol. The van der Waals surface area contributed by atoms with Crippen molar-refractivity contribution in [3.8, 4) is 0 Å². The average Bonchev–Trinajstić information content (AvgIpc) is 3.00. The molecule has 3 rings (SSSR count). The Balaban J connectivity index is 1.55. The number of nitrogens with one attached hydrogen (secondary N) is 2. The highest BCUT2D eigenvalue weighted by Gasteiger charge is 2.02. The van der Waals surface area contributed by atoms with Crippen LogP contribution in [0.3, 0.4) is 0 Å². The first-order valence-electron chi connectivity index (χ1n) is 6.87. The van der Waals surface area contributed by atoms with E-state index in [0.29, 0.717) is 6.54 Å². The number of amides is 2. The molecule has 106 valence electrons. The zero-order chi connectivity index (χ0) is 14.5. The molecule has 0 bridgehead atoms. The molecule has 1 heterocycles. The Morgan fingerprint density at radius 3 is 2.67 bits per heavy atom. The Bertz CT molecular complexity index is 737. The van der Waals surface area contributed by atoms with Crippen molar-refractivity contribution in [2.45, 2.75) is 6.42 Å². The zero-order valence-corrected chi connectivity index (χ0v) is 12.3. The number of urea groups is 1. The summed E-state index contributed by atoms with van der Waals surface area (Å²) in [5, 5.41) is 10.1. The van der Waals surface area contributed by atoms with E-state index >= 15 is 0 Å². The minimum absolute atomic E-state index is 0.165. The third-order valence-electron chi connectivity index (χ3n) is 3.24. The molecule has 0 aliphatic carbocycles. The first kappa shape index (κ1) is 13.6. The smallest absolute Gasteiger partial charge is 0.319 e. The van der Waals surface area contributed by atoms with E-state index in [1.54, 1.807) is 11.3 Å². The maximum Gasteiger partial charge on any atom is 0.319 e. The van der Waals surface area contributed by atoms with Crippen molar-refractivity contribution in [2.24, 2.45) is 0 Å². The lowest BCUT2D eigenvalue weighted by molar-refractivity contribution is 0.252. The van der Waals surface area contributed by atoms with Gasteiger partial charge in [0.1, 0.15) is 0 Å². The summed E-state index contributed by atoms with van der Waals surface area (Å²) in [5.74, 6) is 0. The number of carbonyl (C=O) groups excluding carboxylic acids is 1. The summed E-state index contributed by atoms with van der Waals surface area (Å²) in [7, 11) is 0. The van der Waals surface area contributed by atoms with Gasteiger partial charge in [-0.2, -0.15) is 0 Å². The van der Waals surface area contributed by atoms with Gasteiger partial charge in [-0.15, -0.1) is 11.3 Å². The number of hydrogen-bond donors (Lipinski definition) is 2. The molecular weight excluding hydrogens is 280 g/mol. The lowest BCUT2D eigenvalue weighted by Crippen LogP contribution is -2.30. The summed E-state index contributed by atoms with van der Waals surface area (Å²) in [6.45, 7) is 0.639. The van der Waals surface area contributed by atoms with E-state index in [1.807, 2.05) is 47.8 Å². The second-order valence-electron chi connectivity index (χ2n) is 4.77. The Morgan fingerprint density at radius 2 is 1.86 bits per heavy atom. The van der Waals surface area contributed by atoms with Crippen molar-refractivity contribution in [3.05, 3.63) is 64.9 Å². The molecule has 0 saturated carbocycles. The van der Waals surface area contributed by atoms with Crippen LogP contribution in [-0.2, 0) is 6.42 Å². The molecule has 0 saturated heterocycles. The van der Waals surface area contributed by atoms with Crippen LogP contribution in [0.25, 0.3) is 10.8 Å². The highest BCUT2D eigenvalue weighted by Crippen LogP contribution is 2.18. The Kier molecular flexibility index (Phi) is 4.17. The van der Waals surface area contributed by atoms with E-state index in [0.717, 1.165) is 17.5 Å². The second-order valence-corrected chi connectivity index (χ2v) is 5.80. The number of carbonyl (C=O) groups is 1. The van der Waals surface area contributed by atoms with Crippen molar-refractivity contribution < 1.29 is 4.79 Å². The highest BCUT2D eigenvalue weighted by molar-refractivity contribution is 7.09. The molecule has 0 spiro atoms. The van der Waals surface area contributed by atoms with Gasteiger partial charge in [-0.1, -0.05) is 36.4 Å². The highest BCUT2D eigenvalue weighted by atomic mass is 32.1. The molecule has 0 unspecified atom stereocenters. The fourth-order valence-corrected chi connectivity index (χ4v) is 2.91. The number of rotatable bonds is 4. The fraction of sp³-hybridized carbons (Fsp3) is 0.118. The Hall–Kier alpha value is -2.33. The Labute approximate surface area is 127 Å². The quantitative estimate of drug-likeness (QED) is 0.742. The normalized spacial score (nSPS) is 10.5. The third kappa shape index (κ3) is 3.61. The van der Waals surface area contributed by atoms with Gasteiger partial charge in [0.25, 0.3) is 0 Å². The lowest BCUT2D eigenvalue weighted by Gasteiger charge is -2.08. The molecule has 3 nitrogen and oxygen atoms in total. The van der Waals surface area contributed by atoms with Gasteiger partial charge in [0.05, 0.1) is 0 Å². The van der Waals surface area contributed by atoms with E-state index in [4.69, 9.17) is 0 Å². The maximum absolute atomic E-state index is 11.9. The molecule has 0 fully saturated rings. The number of anilines is 1. The van der Waals surface area contributed by atoms with Crippen LogP contribution in [0, 0.1) is 0 Å². The van der Waals surface area contributed by atoms with Crippen LogP contribution >= 0.6 is 11.3 Å². The fourth-order valence-electron chi connectivity index (χ4n) is 2.20. The molecule has 0 aliphatic heterocycles. The molecule has 21 heavy (non-hydrogen) atoms. The summed E-state index contributed by atoms with van der Waals surface area (Å²) in [6, 6.07) is 17.9. The molecular formula is C17H16N2OS. The monoisotopic (exact) mass is 296 g/mol. The van der Waals surface area contributed by atoms with Crippen LogP contribution in [0.1, 0.15) is 4.88 Å². The van der Waals surface area contributed by atoms with Crippen LogP contribution in [0.2, 0.25) is 0 Å². The molecule has 0 aliphatic rings. The van der Waals surface area contributed by atoms with Gasteiger partial charge >= 0.3 is 6.03 Å². The molecule has 2 amide bonds. The average molecular weight is 296 g/mol. The minimum Gasteiger partial charge on any atom is -0.338 e. The SMILES string of the molecule is O=C(NCCc1cccs1)Nc1ccc2ccccc2c1. The second kappa shape index (κ2) is 6.41. The maximum atomic E-state index is 11.9. The van der Waals surface area contributed by atoms with Gasteiger partial charge in [0.2, 0.25) is 0 Å². The number of thiophene rings is 1. The summed E-state index contributed by atoms with van der Waals surface area (Å²) in [5.41, 5.74) is 0.808. The van der Waals surface area contributed by atoms with Gasteiger partial charge < -0.3 is 10.6 Å². The standard InChI is InChI=1S/C17H16N2OS/c20-17(18-10-9-16-6-3-11-21-16)19-15-8-7-13-4-1-2-5-14(13)12-15/h1-8,11-12H,9-10H2,(H2,18,19,20). The van der Waals surface area contributed by atoms with E-state index in [2.05, 4.69) is 22.8 Å². The van der Waals surface area contributed by atoms with Crippen LogP contribution < -0.4 is 10.6 Å².